The molecule has 1 saturated carbocycles. The van der Waals surface area contributed by atoms with Crippen LogP contribution in [0.25, 0.3) is 0 Å². The third-order valence-corrected chi connectivity index (χ3v) is 4.21. The van der Waals surface area contributed by atoms with Gasteiger partial charge in [-0.2, -0.15) is 10.5 Å². The van der Waals surface area contributed by atoms with Crippen LogP contribution >= 0.6 is 0 Å². The number of hydrogen-bond acceptors (Lipinski definition) is 4. The Morgan fingerprint density at radius 3 is 2.67 bits per heavy atom. The first-order chi connectivity index (χ1) is 10.2. The molecule has 110 valence electrons. The molecule has 0 aliphatic heterocycles. The third-order valence-electron chi connectivity index (χ3n) is 4.21. The van der Waals surface area contributed by atoms with Gasteiger partial charge in [-0.1, -0.05) is 13.3 Å². The Morgan fingerprint density at radius 2 is 2.05 bits per heavy atom. The van der Waals surface area contributed by atoms with E-state index in [2.05, 4.69) is 19.1 Å². The van der Waals surface area contributed by atoms with Crippen LogP contribution in [-0.4, -0.2) is 13.2 Å². The molecule has 3 atom stereocenters. The fraction of sp³-hybridized carbons (Fsp3) is 0.529. The molecule has 21 heavy (non-hydrogen) atoms. The van der Waals surface area contributed by atoms with E-state index in [1.165, 1.54) is 0 Å². The molecule has 2 rings (SSSR count). The topological polar surface area (TPSA) is 66.0 Å². The molecule has 0 amide bonds. The minimum absolute atomic E-state index is 0.0758. The van der Waals surface area contributed by atoms with Crippen LogP contribution < -0.4 is 9.47 Å². The second-order valence-corrected chi connectivity index (χ2v) is 5.46. The first-order valence-corrected chi connectivity index (χ1v) is 7.36. The molecule has 0 aromatic heterocycles. The fourth-order valence-electron chi connectivity index (χ4n) is 2.86. The highest BCUT2D eigenvalue weighted by atomic mass is 16.5. The van der Waals surface area contributed by atoms with E-state index in [9.17, 15) is 5.26 Å². The molecule has 1 aromatic carbocycles. The molecule has 0 N–H and O–H groups in total. The van der Waals surface area contributed by atoms with E-state index in [-0.39, 0.29) is 12.0 Å². The first-order valence-electron chi connectivity index (χ1n) is 7.36. The van der Waals surface area contributed by atoms with Gasteiger partial charge in [0.1, 0.15) is 6.10 Å². The second kappa shape index (κ2) is 6.99. The zero-order chi connectivity index (χ0) is 15.2. The van der Waals surface area contributed by atoms with Gasteiger partial charge < -0.3 is 9.47 Å². The number of nitriles is 2. The Bertz CT molecular complexity index is 571. The standard InChI is InChI=1S/C17H20N2O2/c1-3-12-4-6-14(11-19)16(8-12)21-15-7-5-13(10-18)9-17(15)20-2/h5,7,9,12,14,16H,3-4,6,8H2,1-2H3. The molecule has 1 aliphatic rings. The van der Waals surface area contributed by atoms with Crippen molar-refractivity contribution in [2.75, 3.05) is 7.11 Å². The van der Waals surface area contributed by atoms with Crippen molar-refractivity contribution in [3.05, 3.63) is 23.8 Å². The van der Waals surface area contributed by atoms with E-state index in [4.69, 9.17) is 14.7 Å². The molecule has 0 saturated heterocycles. The summed E-state index contributed by atoms with van der Waals surface area (Å²) in [6.07, 6.45) is 3.90. The number of ether oxygens (including phenoxy) is 2. The lowest BCUT2D eigenvalue weighted by Gasteiger charge is -2.32. The molecule has 4 heteroatoms. The SMILES string of the molecule is CCC1CCC(C#N)C(Oc2ccc(C#N)cc2OC)C1. The van der Waals surface area contributed by atoms with Gasteiger partial charge in [-0.3, -0.25) is 0 Å². The normalized spacial score (nSPS) is 24.7. The second-order valence-electron chi connectivity index (χ2n) is 5.46. The molecular weight excluding hydrogens is 264 g/mol. The summed E-state index contributed by atoms with van der Waals surface area (Å²) >= 11 is 0. The predicted octanol–water partition coefficient (Wildman–Crippen LogP) is 3.66. The van der Waals surface area contributed by atoms with Gasteiger partial charge in [0.05, 0.1) is 30.7 Å². The van der Waals surface area contributed by atoms with Crippen LogP contribution in [0.15, 0.2) is 18.2 Å². The maximum Gasteiger partial charge on any atom is 0.162 e. The molecule has 0 heterocycles. The van der Waals surface area contributed by atoms with Gasteiger partial charge in [0.15, 0.2) is 11.5 Å². The van der Waals surface area contributed by atoms with Gasteiger partial charge in [0.25, 0.3) is 0 Å². The van der Waals surface area contributed by atoms with Gasteiger partial charge in [0.2, 0.25) is 0 Å². The van der Waals surface area contributed by atoms with Crippen molar-refractivity contribution in [1.29, 1.82) is 10.5 Å². The lowest BCUT2D eigenvalue weighted by Crippen LogP contribution is -2.33. The highest BCUT2D eigenvalue weighted by Gasteiger charge is 2.32. The number of benzene rings is 1. The smallest absolute Gasteiger partial charge is 0.162 e. The van der Waals surface area contributed by atoms with E-state index in [0.29, 0.717) is 23.0 Å². The van der Waals surface area contributed by atoms with E-state index in [0.717, 1.165) is 25.7 Å². The predicted molar refractivity (Wildman–Crippen MR) is 78.9 cm³/mol. The molecule has 1 aromatic rings. The number of methoxy groups -OCH3 is 1. The maximum absolute atomic E-state index is 9.30. The van der Waals surface area contributed by atoms with Gasteiger partial charge in [-0.05, 0) is 37.3 Å². The Labute approximate surface area is 125 Å². The van der Waals surface area contributed by atoms with Gasteiger partial charge >= 0.3 is 0 Å². The van der Waals surface area contributed by atoms with Crippen LogP contribution in [0.3, 0.4) is 0 Å². The van der Waals surface area contributed by atoms with E-state index in [1.807, 2.05) is 0 Å². The molecule has 0 bridgehead atoms. The Hall–Kier alpha value is -2.20. The van der Waals surface area contributed by atoms with Crippen molar-refractivity contribution < 1.29 is 9.47 Å². The summed E-state index contributed by atoms with van der Waals surface area (Å²) in [4.78, 5) is 0. The van der Waals surface area contributed by atoms with Crippen LogP contribution in [0.5, 0.6) is 11.5 Å². The highest BCUT2D eigenvalue weighted by Crippen LogP contribution is 2.36. The summed E-state index contributed by atoms with van der Waals surface area (Å²) in [5.41, 5.74) is 0.533. The summed E-state index contributed by atoms with van der Waals surface area (Å²) in [5.74, 6) is 1.69. The highest BCUT2D eigenvalue weighted by molar-refractivity contribution is 5.46. The summed E-state index contributed by atoms with van der Waals surface area (Å²) in [5, 5.41) is 18.2. The molecular formula is C17H20N2O2. The minimum Gasteiger partial charge on any atom is -0.493 e. The fourth-order valence-corrected chi connectivity index (χ4v) is 2.86. The largest absolute Gasteiger partial charge is 0.493 e. The zero-order valence-corrected chi connectivity index (χ0v) is 12.5. The zero-order valence-electron chi connectivity index (χ0n) is 12.5. The van der Waals surface area contributed by atoms with Crippen LogP contribution in [0, 0.1) is 34.5 Å². The number of hydrogen-bond donors (Lipinski definition) is 0. The van der Waals surface area contributed by atoms with Crippen LogP contribution in [0.1, 0.15) is 38.2 Å². The summed E-state index contributed by atoms with van der Waals surface area (Å²) in [6, 6.07) is 9.56. The Kier molecular flexibility index (Phi) is 5.06. The maximum atomic E-state index is 9.30. The van der Waals surface area contributed by atoms with Crippen molar-refractivity contribution in [3.63, 3.8) is 0 Å². The molecule has 0 radical (unpaired) electrons. The number of nitrogens with zero attached hydrogens (tertiary/aromatic N) is 2. The average molecular weight is 284 g/mol. The van der Waals surface area contributed by atoms with Crippen molar-refractivity contribution in [2.24, 2.45) is 11.8 Å². The van der Waals surface area contributed by atoms with E-state index >= 15 is 0 Å². The Balaban J connectivity index is 2.19. The van der Waals surface area contributed by atoms with E-state index in [1.54, 1.807) is 25.3 Å². The van der Waals surface area contributed by atoms with Crippen molar-refractivity contribution in [1.82, 2.24) is 0 Å². The molecule has 0 spiro atoms. The monoisotopic (exact) mass is 284 g/mol. The van der Waals surface area contributed by atoms with Crippen LogP contribution in [-0.2, 0) is 0 Å². The summed E-state index contributed by atoms with van der Waals surface area (Å²) in [6.45, 7) is 2.18. The average Bonchev–Trinajstić information content (AvgIpc) is 2.55. The van der Waals surface area contributed by atoms with Crippen LogP contribution in [0.4, 0.5) is 0 Å². The van der Waals surface area contributed by atoms with Crippen molar-refractivity contribution in [3.8, 4) is 23.6 Å². The summed E-state index contributed by atoms with van der Waals surface area (Å²) < 4.78 is 11.3. The molecule has 1 fully saturated rings. The van der Waals surface area contributed by atoms with Gasteiger partial charge in [-0.15, -0.1) is 0 Å². The lowest BCUT2D eigenvalue weighted by molar-refractivity contribution is 0.0864. The lowest BCUT2D eigenvalue weighted by atomic mass is 9.79. The quantitative estimate of drug-likeness (QED) is 0.846. The number of rotatable bonds is 4. The van der Waals surface area contributed by atoms with E-state index < -0.39 is 0 Å². The minimum atomic E-state index is -0.101. The third kappa shape index (κ3) is 3.47. The summed E-state index contributed by atoms with van der Waals surface area (Å²) in [7, 11) is 1.56. The first kappa shape index (κ1) is 15.2. The van der Waals surface area contributed by atoms with Crippen molar-refractivity contribution in [2.45, 2.75) is 38.7 Å². The van der Waals surface area contributed by atoms with Gasteiger partial charge in [0, 0.05) is 6.07 Å². The van der Waals surface area contributed by atoms with Crippen molar-refractivity contribution >= 4 is 0 Å². The molecule has 3 unspecified atom stereocenters. The van der Waals surface area contributed by atoms with Gasteiger partial charge in [-0.25, -0.2) is 0 Å². The van der Waals surface area contributed by atoms with Crippen LogP contribution in [0.2, 0.25) is 0 Å². The molecule has 4 nitrogen and oxygen atoms in total. The Morgan fingerprint density at radius 1 is 1.24 bits per heavy atom. The molecule has 1 aliphatic carbocycles.